The maximum absolute atomic E-state index is 11.5. The highest BCUT2D eigenvalue weighted by atomic mass is 16.4. The van der Waals surface area contributed by atoms with E-state index in [-0.39, 0.29) is 6.04 Å². The molecule has 2 rings (SSSR count). The van der Waals surface area contributed by atoms with Crippen molar-refractivity contribution in [2.45, 2.75) is 25.3 Å². The minimum absolute atomic E-state index is 0.345. The molecule has 110 valence electrons. The van der Waals surface area contributed by atoms with Gasteiger partial charge >= 0.3 is 5.97 Å². The van der Waals surface area contributed by atoms with Crippen LogP contribution >= 0.6 is 0 Å². The predicted molar refractivity (Wildman–Crippen MR) is 84.0 cm³/mol. The molecule has 21 heavy (non-hydrogen) atoms. The summed E-state index contributed by atoms with van der Waals surface area (Å²) < 4.78 is 0. The Hall–Kier alpha value is -2.13. The normalized spacial score (nSPS) is 13.6. The first-order chi connectivity index (χ1) is 10.2. The summed E-state index contributed by atoms with van der Waals surface area (Å²) in [5.74, 6) is -1.37. The number of carboxylic acids is 1. The number of carbonyl (C=O) groups is 1. The second-order valence-corrected chi connectivity index (χ2v) is 5.32. The molecule has 2 atom stereocenters. The molecule has 0 aromatic heterocycles. The van der Waals surface area contributed by atoms with Crippen molar-refractivity contribution in [3.8, 4) is 0 Å². The van der Waals surface area contributed by atoms with Crippen LogP contribution in [0.4, 0.5) is 0 Å². The molecule has 0 aliphatic rings. The summed E-state index contributed by atoms with van der Waals surface area (Å²) in [6.07, 6.45) is 1.96. The van der Waals surface area contributed by atoms with Gasteiger partial charge < -0.3 is 10.8 Å². The number of benzene rings is 2. The molecule has 2 aromatic rings. The lowest BCUT2D eigenvalue weighted by atomic mass is 9.89. The maximum atomic E-state index is 11.5. The molecule has 0 aliphatic carbocycles. The summed E-state index contributed by atoms with van der Waals surface area (Å²) in [5, 5.41) is 9.42. The third kappa shape index (κ3) is 4.72. The largest absolute Gasteiger partial charge is 0.481 e. The third-order valence-electron chi connectivity index (χ3n) is 3.74. The van der Waals surface area contributed by atoms with Crippen molar-refractivity contribution >= 4 is 5.97 Å². The first kappa shape index (κ1) is 15.3. The van der Waals surface area contributed by atoms with Crippen molar-refractivity contribution in [1.82, 2.24) is 0 Å². The fourth-order valence-corrected chi connectivity index (χ4v) is 2.47. The van der Waals surface area contributed by atoms with Crippen molar-refractivity contribution in [1.29, 1.82) is 0 Å². The molecular weight excluding hydrogens is 262 g/mol. The van der Waals surface area contributed by atoms with E-state index in [1.54, 1.807) is 0 Å². The molecule has 0 heterocycles. The van der Waals surface area contributed by atoms with Gasteiger partial charge in [0.15, 0.2) is 0 Å². The highest BCUT2D eigenvalue weighted by Gasteiger charge is 2.25. The van der Waals surface area contributed by atoms with Gasteiger partial charge in [0.2, 0.25) is 0 Å². The number of aliphatic carboxylic acids is 1. The Labute approximate surface area is 125 Å². The third-order valence-corrected chi connectivity index (χ3v) is 3.74. The topological polar surface area (TPSA) is 63.3 Å². The standard InChI is InChI=1S/C18H21NO2/c19-17(12-11-14-7-3-1-4-8-14)16(18(20)21)13-15-9-5-2-6-10-15/h1-10,16-17H,11-13,19H2,(H,20,21)/t16-,17-/m0/s1. The fraction of sp³-hybridized carbons (Fsp3) is 0.278. The van der Waals surface area contributed by atoms with E-state index in [2.05, 4.69) is 0 Å². The van der Waals surface area contributed by atoms with Crippen LogP contribution in [0.25, 0.3) is 0 Å². The first-order valence-electron chi connectivity index (χ1n) is 7.23. The van der Waals surface area contributed by atoms with Gasteiger partial charge in [-0.25, -0.2) is 0 Å². The van der Waals surface area contributed by atoms with Crippen LogP contribution in [-0.4, -0.2) is 17.1 Å². The molecule has 3 nitrogen and oxygen atoms in total. The van der Waals surface area contributed by atoms with E-state index in [9.17, 15) is 9.90 Å². The van der Waals surface area contributed by atoms with Crippen molar-refractivity contribution in [2.75, 3.05) is 0 Å². The molecule has 0 spiro atoms. The van der Waals surface area contributed by atoms with E-state index < -0.39 is 11.9 Å². The van der Waals surface area contributed by atoms with E-state index in [1.165, 1.54) is 5.56 Å². The minimum Gasteiger partial charge on any atom is -0.481 e. The van der Waals surface area contributed by atoms with Crippen LogP contribution < -0.4 is 5.73 Å². The van der Waals surface area contributed by atoms with E-state index in [1.807, 2.05) is 60.7 Å². The predicted octanol–water partition coefficient (Wildman–Crippen LogP) is 2.89. The molecule has 3 N–H and O–H groups in total. The number of rotatable bonds is 7. The summed E-state index contributed by atoms with van der Waals surface area (Å²) in [6, 6.07) is 19.3. The van der Waals surface area contributed by atoms with Gasteiger partial charge in [-0.1, -0.05) is 60.7 Å². The Morgan fingerprint density at radius 2 is 1.48 bits per heavy atom. The van der Waals surface area contributed by atoms with Gasteiger partial charge in [-0.05, 0) is 30.4 Å². The van der Waals surface area contributed by atoms with E-state index in [4.69, 9.17) is 5.73 Å². The van der Waals surface area contributed by atoms with Crippen molar-refractivity contribution in [3.63, 3.8) is 0 Å². The zero-order valence-electron chi connectivity index (χ0n) is 12.0. The van der Waals surface area contributed by atoms with Crippen molar-refractivity contribution in [2.24, 2.45) is 11.7 Å². The summed E-state index contributed by atoms with van der Waals surface area (Å²) in [4.78, 5) is 11.5. The monoisotopic (exact) mass is 283 g/mol. The van der Waals surface area contributed by atoms with Crippen LogP contribution in [0, 0.1) is 5.92 Å². The van der Waals surface area contributed by atoms with E-state index in [0.717, 1.165) is 12.0 Å². The molecule has 2 aromatic carbocycles. The molecule has 0 aliphatic heterocycles. The number of aryl methyl sites for hydroxylation is 1. The second-order valence-electron chi connectivity index (χ2n) is 5.32. The van der Waals surface area contributed by atoms with Crippen LogP contribution in [0.2, 0.25) is 0 Å². The van der Waals surface area contributed by atoms with Gasteiger partial charge in [0.1, 0.15) is 0 Å². The lowest BCUT2D eigenvalue weighted by Gasteiger charge is -2.20. The van der Waals surface area contributed by atoms with Crippen LogP contribution in [0.15, 0.2) is 60.7 Å². The molecular formula is C18H21NO2. The smallest absolute Gasteiger partial charge is 0.308 e. The average Bonchev–Trinajstić information content (AvgIpc) is 2.52. The average molecular weight is 283 g/mol. The van der Waals surface area contributed by atoms with Gasteiger partial charge in [-0.3, -0.25) is 4.79 Å². The molecule has 0 radical (unpaired) electrons. The Balaban J connectivity index is 1.96. The quantitative estimate of drug-likeness (QED) is 0.821. The zero-order valence-corrected chi connectivity index (χ0v) is 12.0. The van der Waals surface area contributed by atoms with Crippen molar-refractivity contribution in [3.05, 3.63) is 71.8 Å². The molecule has 0 saturated carbocycles. The number of nitrogens with two attached hydrogens (primary N) is 1. The molecule has 0 saturated heterocycles. The van der Waals surface area contributed by atoms with E-state index >= 15 is 0 Å². The number of carboxylic acid groups (broad SMARTS) is 1. The fourth-order valence-electron chi connectivity index (χ4n) is 2.47. The number of hydrogen-bond donors (Lipinski definition) is 2. The van der Waals surface area contributed by atoms with Gasteiger partial charge in [0.05, 0.1) is 5.92 Å². The van der Waals surface area contributed by atoms with E-state index in [0.29, 0.717) is 12.8 Å². The molecule has 0 unspecified atom stereocenters. The second kappa shape index (κ2) is 7.60. The summed E-state index contributed by atoms with van der Waals surface area (Å²) in [5.41, 5.74) is 8.34. The molecule has 3 heteroatoms. The highest BCUT2D eigenvalue weighted by Crippen LogP contribution is 2.16. The van der Waals surface area contributed by atoms with Crippen LogP contribution in [0.3, 0.4) is 0 Å². The van der Waals surface area contributed by atoms with Gasteiger partial charge in [0, 0.05) is 6.04 Å². The summed E-state index contributed by atoms with van der Waals surface area (Å²) in [7, 11) is 0. The lowest BCUT2D eigenvalue weighted by Crippen LogP contribution is -2.37. The highest BCUT2D eigenvalue weighted by molar-refractivity contribution is 5.71. The van der Waals surface area contributed by atoms with Crippen LogP contribution in [0.1, 0.15) is 17.5 Å². The Morgan fingerprint density at radius 3 is 2.00 bits per heavy atom. The van der Waals surface area contributed by atoms with Gasteiger partial charge in [0.25, 0.3) is 0 Å². The van der Waals surface area contributed by atoms with Crippen LogP contribution in [0.5, 0.6) is 0 Å². The van der Waals surface area contributed by atoms with Crippen molar-refractivity contribution < 1.29 is 9.90 Å². The molecule has 0 amide bonds. The SMILES string of the molecule is N[C@@H](CCc1ccccc1)[C@H](Cc1ccccc1)C(=O)O. The zero-order chi connectivity index (χ0) is 15.1. The minimum atomic E-state index is -0.820. The van der Waals surface area contributed by atoms with Gasteiger partial charge in [-0.15, -0.1) is 0 Å². The Morgan fingerprint density at radius 1 is 0.952 bits per heavy atom. The number of hydrogen-bond acceptors (Lipinski definition) is 2. The van der Waals surface area contributed by atoms with Gasteiger partial charge in [-0.2, -0.15) is 0 Å². The van der Waals surface area contributed by atoms with Crippen LogP contribution in [-0.2, 0) is 17.6 Å². The Kier molecular flexibility index (Phi) is 5.52. The first-order valence-corrected chi connectivity index (χ1v) is 7.23. The summed E-state index contributed by atoms with van der Waals surface area (Å²) >= 11 is 0. The molecule has 0 fully saturated rings. The maximum Gasteiger partial charge on any atom is 0.308 e. The lowest BCUT2D eigenvalue weighted by molar-refractivity contribution is -0.142. The molecule has 0 bridgehead atoms. The summed E-state index contributed by atoms with van der Waals surface area (Å²) in [6.45, 7) is 0. The Bertz CT molecular complexity index is 554.